The molecule has 12 nitrogen and oxygen atoms in total. The first-order chi connectivity index (χ1) is 19.0. The molecule has 0 aliphatic rings. The lowest BCUT2D eigenvalue weighted by molar-refractivity contribution is -0.138. The van der Waals surface area contributed by atoms with E-state index in [9.17, 15) is 58.7 Å². The van der Waals surface area contributed by atoms with E-state index in [-0.39, 0.29) is 15.9 Å². The molecule has 4 N–H and O–H groups in total. The number of carbonyl (C=O) groups excluding carboxylic acids is 3. The molecule has 0 bridgehead atoms. The van der Waals surface area contributed by atoms with Crippen molar-refractivity contribution in [3.8, 4) is 0 Å². The molecule has 0 saturated heterocycles. The van der Waals surface area contributed by atoms with Gasteiger partial charge in [0, 0.05) is 16.8 Å². The Morgan fingerprint density at radius 2 is 1.36 bits per heavy atom. The van der Waals surface area contributed by atoms with Crippen LogP contribution >= 0.6 is 0 Å². The fourth-order valence-electron chi connectivity index (χ4n) is 3.47. The number of methoxy groups -OCH3 is 1. The number of esters is 1. The van der Waals surface area contributed by atoms with Gasteiger partial charge < -0.3 is 15.5 Å². The topological polar surface area (TPSA) is 187 Å². The molecule has 0 atom stereocenters. The number of hydrogen-bond acceptors (Lipinski definition) is 9. The van der Waals surface area contributed by atoms with Crippen LogP contribution in [0.3, 0.4) is 0 Å². The van der Waals surface area contributed by atoms with Crippen molar-refractivity contribution in [1.29, 1.82) is 0 Å². The molecule has 1 heterocycles. The van der Waals surface area contributed by atoms with Crippen molar-refractivity contribution in [2.75, 3.05) is 23.9 Å². The van der Waals surface area contributed by atoms with Crippen LogP contribution in [0.15, 0.2) is 33.9 Å². The van der Waals surface area contributed by atoms with Crippen molar-refractivity contribution >= 4 is 44.1 Å². The maximum atomic E-state index is 13.0. The minimum atomic E-state index is -4.88. The molecule has 19 heteroatoms. The van der Waals surface area contributed by atoms with Gasteiger partial charge in [-0.2, -0.15) is 31.0 Å². The molecule has 0 amide bonds. The zero-order valence-corrected chi connectivity index (χ0v) is 22.6. The lowest BCUT2D eigenvalue weighted by Gasteiger charge is -2.14. The molecular weight excluding hydrogens is 606 g/mol. The maximum absolute atomic E-state index is 13.0. The summed E-state index contributed by atoms with van der Waals surface area (Å²) in [6.07, 6.45) is -8.92. The first kappa shape index (κ1) is 33.5. The van der Waals surface area contributed by atoms with Gasteiger partial charge in [0.25, 0.3) is 5.56 Å². The molecule has 0 radical (unpaired) electrons. The van der Waals surface area contributed by atoms with Crippen LogP contribution in [-0.4, -0.2) is 49.0 Å². The number of benzene rings is 2. The predicted molar refractivity (Wildman–Crippen MR) is 135 cm³/mol. The van der Waals surface area contributed by atoms with Crippen LogP contribution < -0.4 is 21.8 Å². The van der Waals surface area contributed by atoms with Gasteiger partial charge in [0.1, 0.15) is 0 Å². The van der Waals surface area contributed by atoms with Crippen LogP contribution in [0.1, 0.15) is 56.0 Å². The molecule has 0 aliphatic heterocycles. The zero-order chi connectivity index (χ0) is 32.5. The summed E-state index contributed by atoms with van der Waals surface area (Å²) in [6.45, 7) is 1.86. The summed E-state index contributed by atoms with van der Waals surface area (Å²) in [5, 5.41) is -0.455. The molecule has 0 fully saturated rings. The Bertz CT molecular complexity index is 1830. The van der Waals surface area contributed by atoms with Gasteiger partial charge in [-0.25, -0.2) is 22.8 Å². The van der Waals surface area contributed by atoms with E-state index in [0.717, 1.165) is 27.0 Å². The summed E-state index contributed by atoms with van der Waals surface area (Å²) < 4.78 is 104. The molecule has 1 aromatic heterocycles. The second-order valence-corrected chi connectivity index (χ2v) is 10.2. The van der Waals surface area contributed by atoms with Gasteiger partial charge in [0.05, 0.1) is 41.0 Å². The Morgan fingerprint density at radius 1 is 0.881 bits per heavy atom. The Balaban J connectivity index is 0.000000307. The fourth-order valence-corrected chi connectivity index (χ4v) is 3.96. The number of carbonyl (C=O) groups is 3. The number of hydrogen-bond donors (Lipinski definition) is 3. The van der Waals surface area contributed by atoms with E-state index in [1.54, 1.807) is 4.83 Å². The maximum Gasteiger partial charge on any atom is 0.417 e. The Kier molecular flexibility index (Phi) is 9.31. The highest BCUT2D eigenvalue weighted by atomic mass is 32.2. The van der Waals surface area contributed by atoms with Crippen molar-refractivity contribution in [1.82, 2.24) is 9.66 Å². The van der Waals surface area contributed by atoms with Crippen molar-refractivity contribution in [3.05, 3.63) is 72.9 Å². The van der Waals surface area contributed by atoms with Gasteiger partial charge in [0.2, 0.25) is 10.0 Å². The third-order valence-corrected chi connectivity index (χ3v) is 5.77. The SMILES string of the molecule is CC(=O)c1cc2c(=O)n(NS(C)(=O)=O)c(=O)[nH]c2cc1C(F)(F)F.COC(=O)c1cc(C(C)=O)c(C(F)(F)F)cc1N. The normalized spacial score (nSPS) is 11.9. The van der Waals surface area contributed by atoms with Gasteiger partial charge in [-0.15, -0.1) is 0 Å². The lowest BCUT2D eigenvalue weighted by Crippen LogP contribution is -2.43. The molecule has 0 saturated carbocycles. The number of sulfonamides is 1. The number of nitrogen functional groups attached to an aromatic ring is 1. The Hall–Kier alpha value is -4.68. The standard InChI is InChI=1S/C12H10F3N3O5S.C11H10F3NO3/c1-5(19)6-3-7-9(4-8(6)12(13,14)15)16-11(21)18(10(7)20)17-24(2,22)23;1-5(16)6-3-7(10(17)18-2)9(15)4-8(6)11(12,13)14/h3-4,17H,1-2H3,(H,16,21);3-4H,15H2,1-2H3. The predicted octanol–water partition coefficient (Wildman–Crippen LogP) is 2.69. The number of aromatic nitrogens is 2. The van der Waals surface area contributed by atoms with Crippen LogP contribution in [-0.2, 0) is 27.1 Å². The third-order valence-electron chi connectivity index (χ3n) is 5.26. The van der Waals surface area contributed by atoms with Crippen LogP contribution in [0, 0.1) is 0 Å². The number of H-pyrrole nitrogens is 1. The smallest absolute Gasteiger partial charge is 0.417 e. The quantitative estimate of drug-likeness (QED) is 0.166. The monoisotopic (exact) mass is 626 g/mol. The number of alkyl halides is 6. The van der Waals surface area contributed by atoms with Gasteiger partial charge in [0.15, 0.2) is 11.6 Å². The summed E-state index contributed by atoms with van der Waals surface area (Å²) in [4.78, 5) is 61.5. The number of fused-ring (bicyclic) bond motifs is 1. The van der Waals surface area contributed by atoms with Crippen LogP contribution in [0.2, 0.25) is 0 Å². The van der Waals surface area contributed by atoms with Crippen molar-refractivity contribution in [3.63, 3.8) is 0 Å². The first-order valence-electron chi connectivity index (χ1n) is 11.0. The summed E-state index contributed by atoms with van der Waals surface area (Å²) >= 11 is 0. The number of ketones is 2. The minimum Gasteiger partial charge on any atom is -0.465 e. The molecule has 0 spiro atoms. The van der Waals surface area contributed by atoms with Crippen molar-refractivity contribution in [2.45, 2.75) is 26.2 Å². The summed E-state index contributed by atoms with van der Waals surface area (Å²) in [7, 11) is -2.94. The van der Waals surface area contributed by atoms with Crippen molar-refractivity contribution in [2.24, 2.45) is 0 Å². The number of ether oxygens (including phenoxy) is 1. The molecule has 0 aliphatic carbocycles. The van der Waals surface area contributed by atoms with E-state index in [0.29, 0.717) is 24.5 Å². The van der Waals surface area contributed by atoms with Gasteiger partial charge in [-0.3, -0.25) is 14.4 Å². The van der Waals surface area contributed by atoms with E-state index >= 15 is 0 Å². The number of rotatable bonds is 5. The average Bonchev–Trinajstić information content (AvgIpc) is 2.83. The number of anilines is 1. The average molecular weight is 626 g/mol. The molecule has 3 rings (SSSR count). The van der Waals surface area contributed by atoms with E-state index in [4.69, 9.17) is 5.73 Å². The van der Waals surface area contributed by atoms with E-state index in [1.807, 2.05) is 4.98 Å². The number of aromatic amines is 1. The van der Waals surface area contributed by atoms with Crippen LogP contribution in [0.4, 0.5) is 32.0 Å². The zero-order valence-electron chi connectivity index (χ0n) is 21.8. The highest BCUT2D eigenvalue weighted by Gasteiger charge is 2.36. The largest absolute Gasteiger partial charge is 0.465 e. The van der Waals surface area contributed by atoms with Crippen molar-refractivity contribution < 1.29 is 53.9 Å². The minimum absolute atomic E-state index is 0.0921. The molecule has 2 aromatic carbocycles. The number of nitrogens with zero attached hydrogens (tertiary/aromatic N) is 1. The van der Waals surface area contributed by atoms with E-state index in [1.165, 1.54) is 0 Å². The fraction of sp³-hybridized carbons (Fsp3) is 0.261. The Labute approximate surface area is 231 Å². The summed E-state index contributed by atoms with van der Waals surface area (Å²) in [6, 6.07) is 2.48. The number of Topliss-reactive ketones (excluding diaryl/α,β-unsaturated/α-hetero) is 2. The second-order valence-electron chi connectivity index (χ2n) is 8.46. The van der Waals surface area contributed by atoms with E-state index < -0.39 is 84.3 Å². The number of halogens is 6. The number of nitrogens with two attached hydrogens (primary N) is 1. The molecule has 42 heavy (non-hydrogen) atoms. The molecule has 3 aromatic rings. The Morgan fingerprint density at radius 3 is 1.79 bits per heavy atom. The summed E-state index contributed by atoms with van der Waals surface area (Å²) in [5.74, 6) is -2.66. The lowest BCUT2D eigenvalue weighted by atomic mass is 9.99. The van der Waals surface area contributed by atoms with Gasteiger partial charge in [-0.05, 0) is 38.1 Å². The number of nitrogens with one attached hydrogen (secondary N) is 2. The molecule has 228 valence electrons. The summed E-state index contributed by atoms with van der Waals surface area (Å²) in [5.41, 5.74) is -2.14. The van der Waals surface area contributed by atoms with Gasteiger partial charge >= 0.3 is 24.0 Å². The first-order valence-corrected chi connectivity index (χ1v) is 12.9. The highest BCUT2D eigenvalue weighted by Crippen LogP contribution is 2.35. The van der Waals surface area contributed by atoms with Crippen LogP contribution in [0.5, 0.6) is 0 Å². The van der Waals surface area contributed by atoms with Gasteiger partial charge in [-0.1, -0.05) is 0 Å². The molecule has 0 unspecified atom stereocenters. The van der Waals surface area contributed by atoms with E-state index in [2.05, 4.69) is 4.74 Å². The molecular formula is C23H20F6N4O8S. The highest BCUT2D eigenvalue weighted by molar-refractivity contribution is 7.91. The second kappa shape index (κ2) is 11.7. The third kappa shape index (κ3) is 7.53. The van der Waals surface area contributed by atoms with Crippen LogP contribution in [0.25, 0.3) is 10.9 Å².